The van der Waals surface area contributed by atoms with Crippen molar-refractivity contribution in [3.05, 3.63) is 59.7 Å². The van der Waals surface area contributed by atoms with Gasteiger partial charge in [-0.2, -0.15) is 0 Å². The summed E-state index contributed by atoms with van der Waals surface area (Å²) in [5, 5.41) is 0. The van der Waals surface area contributed by atoms with Gasteiger partial charge in [-0.25, -0.2) is 0 Å². The summed E-state index contributed by atoms with van der Waals surface area (Å²) in [6, 6.07) is 15.9. The van der Waals surface area contributed by atoms with Crippen molar-refractivity contribution in [2.24, 2.45) is 5.73 Å². The Kier molecular flexibility index (Phi) is 6.25. The van der Waals surface area contributed by atoms with Gasteiger partial charge in [0.2, 0.25) is 0 Å². The Morgan fingerprint density at radius 2 is 1.64 bits per heavy atom. The van der Waals surface area contributed by atoms with E-state index in [1.54, 1.807) is 14.2 Å². The molecule has 2 rings (SSSR count). The molecule has 0 aliphatic carbocycles. The van der Waals surface area contributed by atoms with Crippen LogP contribution in [0, 0.1) is 0 Å². The molecule has 2 aromatic rings. The summed E-state index contributed by atoms with van der Waals surface area (Å²) in [4.78, 5) is 0. The summed E-state index contributed by atoms with van der Waals surface area (Å²) < 4.78 is 16.2. The standard InChI is InChI=1S/C18H23NO3/c1-20-17-9-8-15(11-18(17)21-2)10-16(19)13-22-12-14-6-4-3-5-7-14/h3-9,11,16H,10,12-13,19H2,1-2H3/t16-/m0/s1. The van der Waals surface area contributed by atoms with E-state index in [2.05, 4.69) is 0 Å². The molecule has 0 saturated heterocycles. The van der Waals surface area contributed by atoms with Crippen molar-refractivity contribution >= 4 is 0 Å². The second-order valence-electron chi connectivity index (χ2n) is 5.15. The summed E-state index contributed by atoms with van der Waals surface area (Å²) in [6.07, 6.45) is 0.731. The molecule has 0 unspecified atom stereocenters. The summed E-state index contributed by atoms with van der Waals surface area (Å²) in [6.45, 7) is 1.10. The molecule has 0 fully saturated rings. The maximum atomic E-state index is 6.13. The van der Waals surface area contributed by atoms with Gasteiger partial charge in [-0.3, -0.25) is 0 Å². The van der Waals surface area contributed by atoms with Gasteiger partial charge in [0.25, 0.3) is 0 Å². The van der Waals surface area contributed by atoms with Crippen LogP contribution in [0.4, 0.5) is 0 Å². The molecule has 4 heteroatoms. The Labute approximate surface area is 131 Å². The minimum absolute atomic E-state index is 0.0539. The number of hydrogen-bond donors (Lipinski definition) is 1. The van der Waals surface area contributed by atoms with Gasteiger partial charge < -0.3 is 19.9 Å². The Bertz CT molecular complexity index is 572. The van der Waals surface area contributed by atoms with Crippen molar-refractivity contribution in [3.8, 4) is 11.5 Å². The van der Waals surface area contributed by atoms with E-state index in [1.165, 1.54) is 0 Å². The van der Waals surface area contributed by atoms with Gasteiger partial charge in [0.1, 0.15) is 0 Å². The fourth-order valence-corrected chi connectivity index (χ4v) is 2.27. The van der Waals surface area contributed by atoms with Crippen molar-refractivity contribution in [1.29, 1.82) is 0 Å². The zero-order valence-electron chi connectivity index (χ0n) is 13.1. The van der Waals surface area contributed by atoms with E-state index in [0.717, 1.165) is 29.0 Å². The second kappa shape index (κ2) is 8.41. The van der Waals surface area contributed by atoms with Crippen LogP contribution < -0.4 is 15.2 Å². The van der Waals surface area contributed by atoms with Crippen LogP contribution in [-0.2, 0) is 17.8 Å². The minimum atomic E-state index is -0.0539. The molecule has 0 radical (unpaired) electrons. The molecule has 0 aliphatic rings. The van der Waals surface area contributed by atoms with Crippen LogP contribution in [0.5, 0.6) is 11.5 Å². The predicted molar refractivity (Wildman–Crippen MR) is 87.3 cm³/mol. The van der Waals surface area contributed by atoms with Crippen LogP contribution in [-0.4, -0.2) is 26.9 Å². The monoisotopic (exact) mass is 301 g/mol. The Hall–Kier alpha value is -2.04. The van der Waals surface area contributed by atoms with Crippen LogP contribution in [0.2, 0.25) is 0 Å². The lowest BCUT2D eigenvalue weighted by molar-refractivity contribution is 0.108. The molecule has 118 valence electrons. The molecular weight excluding hydrogens is 278 g/mol. The number of benzene rings is 2. The van der Waals surface area contributed by atoms with Crippen LogP contribution in [0.1, 0.15) is 11.1 Å². The van der Waals surface area contributed by atoms with E-state index in [4.69, 9.17) is 19.9 Å². The third-order valence-electron chi connectivity index (χ3n) is 3.39. The first-order valence-electron chi connectivity index (χ1n) is 7.31. The Balaban J connectivity index is 1.82. The average Bonchev–Trinajstić information content (AvgIpc) is 2.55. The maximum absolute atomic E-state index is 6.13. The van der Waals surface area contributed by atoms with Gasteiger partial charge in [-0.15, -0.1) is 0 Å². The van der Waals surface area contributed by atoms with Gasteiger partial charge >= 0.3 is 0 Å². The molecule has 2 N–H and O–H groups in total. The maximum Gasteiger partial charge on any atom is 0.160 e. The van der Waals surface area contributed by atoms with E-state index in [-0.39, 0.29) is 6.04 Å². The zero-order chi connectivity index (χ0) is 15.8. The summed E-state index contributed by atoms with van der Waals surface area (Å²) in [5.41, 5.74) is 8.39. The van der Waals surface area contributed by atoms with Gasteiger partial charge in [0, 0.05) is 6.04 Å². The third-order valence-corrected chi connectivity index (χ3v) is 3.39. The van der Waals surface area contributed by atoms with Gasteiger partial charge in [0.15, 0.2) is 11.5 Å². The van der Waals surface area contributed by atoms with E-state index in [1.807, 2.05) is 48.5 Å². The lowest BCUT2D eigenvalue weighted by Gasteiger charge is -2.14. The van der Waals surface area contributed by atoms with Crippen LogP contribution in [0.3, 0.4) is 0 Å². The molecule has 0 bridgehead atoms. The first-order chi connectivity index (χ1) is 10.7. The van der Waals surface area contributed by atoms with Crippen molar-refractivity contribution in [3.63, 3.8) is 0 Å². The third kappa shape index (κ3) is 4.76. The lowest BCUT2D eigenvalue weighted by Crippen LogP contribution is -2.28. The molecule has 0 aromatic heterocycles. The molecule has 4 nitrogen and oxygen atoms in total. The first-order valence-corrected chi connectivity index (χ1v) is 7.31. The van der Waals surface area contributed by atoms with Crippen LogP contribution in [0.25, 0.3) is 0 Å². The second-order valence-corrected chi connectivity index (χ2v) is 5.15. The van der Waals surface area contributed by atoms with Crippen LogP contribution in [0.15, 0.2) is 48.5 Å². The highest BCUT2D eigenvalue weighted by atomic mass is 16.5. The topological polar surface area (TPSA) is 53.7 Å². The van der Waals surface area contributed by atoms with E-state index >= 15 is 0 Å². The number of methoxy groups -OCH3 is 2. The molecule has 0 spiro atoms. The first kappa shape index (κ1) is 16.3. The van der Waals surface area contributed by atoms with Crippen molar-refractivity contribution < 1.29 is 14.2 Å². The highest BCUT2D eigenvalue weighted by molar-refractivity contribution is 5.43. The molecule has 0 amide bonds. The molecule has 0 saturated carbocycles. The van der Waals surface area contributed by atoms with E-state index in [9.17, 15) is 0 Å². The summed E-state index contributed by atoms with van der Waals surface area (Å²) >= 11 is 0. The smallest absolute Gasteiger partial charge is 0.160 e. The summed E-state index contributed by atoms with van der Waals surface area (Å²) in [5.74, 6) is 1.44. The van der Waals surface area contributed by atoms with Gasteiger partial charge in [-0.05, 0) is 29.7 Å². The van der Waals surface area contributed by atoms with Crippen molar-refractivity contribution in [2.45, 2.75) is 19.1 Å². The average molecular weight is 301 g/mol. The Morgan fingerprint density at radius 1 is 0.909 bits per heavy atom. The van der Waals surface area contributed by atoms with Gasteiger partial charge in [-0.1, -0.05) is 36.4 Å². The predicted octanol–water partition coefficient (Wildman–Crippen LogP) is 2.79. The SMILES string of the molecule is COc1ccc(C[C@H](N)COCc2ccccc2)cc1OC. The molecule has 22 heavy (non-hydrogen) atoms. The van der Waals surface area contributed by atoms with Crippen molar-refractivity contribution in [1.82, 2.24) is 0 Å². The van der Waals surface area contributed by atoms with Gasteiger partial charge in [0.05, 0.1) is 27.4 Å². The molecule has 1 atom stereocenters. The number of rotatable bonds is 8. The fourth-order valence-electron chi connectivity index (χ4n) is 2.27. The normalized spacial score (nSPS) is 12.0. The minimum Gasteiger partial charge on any atom is -0.493 e. The lowest BCUT2D eigenvalue weighted by atomic mass is 10.1. The van der Waals surface area contributed by atoms with E-state index in [0.29, 0.717) is 13.2 Å². The quantitative estimate of drug-likeness (QED) is 0.814. The Morgan fingerprint density at radius 3 is 2.32 bits per heavy atom. The van der Waals surface area contributed by atoms with E-state index < -0.39 is 0 Å². The highest BCUT2D eigenvalue weighted by Crippen LogP contribution is 2.27. The number of ether oxygens (including phenoxy) is 3. The summed E-state index contributed by atoms with van der Waals surface area (Å²) in [7, 11) is 3.26. The fraction of sp³-hybridized carbons (Fsp3) is 0.333. The molecule has 2 aromatic carbocycles. The van der Waals surface area contributed by atoms with Crippen LogP contribution >= 0.6 is 0 Å². The zero-order valence-corrected chi connectivity index (χ0v) is 13.1. The van der Waals surface area contributed by atoms with Crippen molar-refractivity contribution in [2.75, 3.05) is 20.8 Å². The molecule has 0 aliphatic heterocycles. The number of hydrogen-bond acceptors (Lipinski definition) is 4. The molecular formula is C18H23NO3. The number of nitrogens with two attached hydrogens (primary N) is 1. The highest BCUT2D eigenvalue weighted by Gasteiger charge is 2.09. The largest absolute Gasteiger partial charge is 0.493 e. The molecule has 0 heterocycles.